The Balaban J connectivity index is 1.43. The molecule has 27 heavy (non-hydrogen) atoms. The van der Waals surface area contributed by atoms with Gasteiger partial charge in [-0.3, -0.25) is 9.59 Å². The molecule has 2 aromatic carbocycles. The van der Waals surface area contributed by atoms with E-state index >= 15 is 0 Å². The van der Waals surface area contributed by atoms with E-state index in [9.17, 15) is 9.59 Å². The number of carbonyl (C=O) groups is 2. The van der Waals surface area contributed by atoms with Crippen molar-refractivity contribution in [3.8, 4) is 11.4 Å². The monoisotopic (exact) mass is 364 g/mol. The Kier molecular flexibility index (Phi) is 4.60. The summed E-state index contributed by atoms with van der Waals surface area (Å²) in [5.74, 6) is 0.563. The SMILES string of the molecule is CNC(=O)COC1CN(C(=O)c2ccc3nc(-c4ccccc4)[nH]c3c2)C1. The normalized spacial score (nSPS) is 14.2. The molecule has 4 rings (SSSR count). The van der Waals surface area contributed by atoms with Crippen molar-refractivity contribution in [1.29, 1.82) is 0 Å². The summed E-state index contributed by atoms with van der Waals surface area (Å²) in [6.07, 6.45) is -0.0909. The lowest BCUT2D eigenvalue weighted by Crippen LogP contribution is -2.55. The quantitative estimate of drug-likeness (QED) is 0.723. The summed E-state index contributed by atoms with van der Waals surface area (Å²) in [6, 6.07) is 15.3. The molecule has 7 heteroatoms. The van der Waals surface area contributed by atoms with Crippen molar-refractivity contribution >= 4 is 22.8 Å². The Labute approximate surface area is 156 Å². The molecule has 1 aromatic heterocycles. The van der Waals surface area contributed by atoms with Gasteiger partial charge in [0.2, 0.25) is 5.91 Å². The topological polar surface area (TPSA) is 87.3 Å². The van der Waals surface area contributed by atoms with Gasteiger partial charge in [-0.25, -0.2) is 4.98 Å². The van der Waals surface area contributed by atoms with E-state index < -0.39 is 0 Å². The molecule has 0 radical (unpaired) electrons. The first-order chi connectivity index (χ1) is 13.1. The van der Waals surface area contributed by atoms with Crippen LogP contribution >= 0.6 is 0 Å². The van der Waals surface area contributed by atoms with Gasteiger partial charge in [-0.15, -0.1) is 0 Å². The number of carbonyl (C=O) groups excluding carboxylic acids is 2. The molecule has 7 nitrogen and oxygen atoms in total. The van der Waals surface area contributed by atoms with Crippen LogP contribution in [0.4, 0.5) is 0 Å². The Morgan fingerprint density at radius 1 is 1.22 bits per heavy atom. The molecule has 138 valence electrons. The summed E-state index contributed by atoms with van der Waals surface area (Å²) in [4.78, 5) is 33.4. The second kappa shape index (κ2) is 7.20. The molecule has 0 atom stereocenters. The van der Waals surface area contributed by atoms with E-state index in [2.05, 4.69) is 15.3 Å². The number of H-pyrrole nitrogens is 1. The molecule has 0 unspecified atom stereocenters. The van der Waals surface area contributed by atoms with E-state index in [0.29, 0.717) is 18.7 Å². The minimum Gasteiger partial charge on any atom is -0.365 e. The highest BCUT2D eigenvalue weighted by Crippen LogP contribution is 2.23. The van der Waals surface area contributed by atoms with E-state index in [4.69, 9.17) is 4.74 Å². The number of imidazole rings is 1. The maximum Gasteiger partial charge on any atom is 0.254 e. The number of ether oxygens (including phenoxy) is 1. The van der Waals surface area contributed by atoms with Crippen molar-refractivity contribution in [2.45, 2.75) is 6.10 Å². The molecule has 0 aliphatic carbocycles. The number of nitrogens with one attached hydrogen (secondary N) is 2. The van der Waals surface area contributed by atoms with Gasteiger partial charge >= 0.3 is 0 Å². The van der Waals surface area contributed by atoms with Crippen LogP contribution in [0, 0.1) is 0 Å². The van der Waals surface area contributed by atoms with Gasteiger partial charge in [-0.2, -0.15) is 0 Å². The highest BCUT2D eigenvalue weighted by molar-refractivity contribution is 5.98. The highest BCUT2D eigenvalue weighted by Gasteiger charge is 2.32. The summed E-state index contributed by atoms with van der Waals surface area (Å²) >= 11 is 0. The van der Waals surface area contributed by atoms with E-state index in [-0.39, 0.29) is 24.5 Å². The van der Waals surface area contributed by atoms with E-state index in [0.717, 1.165) is 22.4 Å². The lowest BCUT2D eigenvalue weighted by molar-refractivity contribution is -0.130. The summed E-state index contributed by atoms with van der Waals surface area (Å²) in [5, 5.41) is 2.51. The molecular weight excluding hydrogens is 344 g/mol. The number of likely N-dealkylation sites (tertiary alicyclic amines) is 1. The van der Waals surface area contributed by atoms with Crippen LogP contribution in [0.1, 0.15) is 10.4 Å². The van der Waals surface area contributed by atoms with Gasteiger partial charge in [0.25, 0.3) is 5.91 Å². The zero-order valence-electron chi connectivity index (χ0n) is 14.9. The Hall–Kier alpha value is -3.19. The summed E-state index contributed by atoms with van der Waals surface area (Å²) < 4.78 is 5.45. The molecule has 1 aliphatic heterocycles. The molecule has 3 aromatic rings. The average Bonchev–Trinajstić information content (AvgIpc) is 3.10. The summed E-state index contributed by atoms with van der Waals surface area (Å²) in [7, 11) is 1.57. The van der Waals surface area contributed by atoms with Crippen molar-refractivity contribution in [1.82, 2.24) is 20.2 Å². The number of hydrogen-bond donors (Lipinski definition) is 2. The standard InChI is InChI=1S/C20H20N4O3/c1-21-18(25)12-27-15-10-24(11-15)20(26)14-7-8-16-17(9-14)23-19(22-16)13-5-3-2-4-6-13/h2-9,15H,10-12H2,1H3,(H,21,25)(H,22,23). The predicted molar refractivity (Wildman–Crippen MR) is 101 cm³/mol. The Morgan fingerprint density at radius 3 is 2.74 bits per heavy atom. The highest BCUT2D eigenvalue weighted by atomic mass is 16.5. The number of aromatic nitrogens is 2. The lowest BCUT2D eigenvalue weighted by atomic mass is 10.1. The number of likely N-dealkylation sites (N-methyl/N-ethyl adjacent to an activating group) is 1. The molecule has 2 heterocycles. The third kappa shape index (κ3) is 3.54. The smallest absolute Gasteiger partial charge is 0.254 e. The number of benzene rings is 2. The lowest BCUT2D eigenvalue weighted by Gasteiger charge is -2.38. The van der Waals surface area contributed by atoms with Crippen LogP contribution in [0.15, 0.2) is 48.5 Å². The number of fused-ring (bicyclic) bond motifs is 1. The van der Waals surface area contributed by atoms with E-state index in [1.165, 1.54) is 0 Å². The molecule has 0 saturated carbocycles. The molecule has 1 saturated heterocycles. The maximum absolute atomic E-state index is 12.6. The zero-order chi connectivity index (χ0) is 18.8. The Morgan fingerprint density at radius 2 is 2.00 bits per heavy atom. The van der Waals surface area contributed by atoms with Gasteiger partial charge in [0, 0.05) is 31.3 Å². The molecule has 2 N–H and O–H groups in total. The second-order valence-electron chi connectivity index (χ2n) is 6.50. The van der Waals surface area contributed by atoms with Gasteiger partial charge in [0.05, 0.1) is 17.1 Å². The van der Waals surface area contributed by atoms with Crippen LogP contribution in [-0.2, 0) is 9.53 Å². The predicted octanol–water partition coefficient (Wildman–Crippen LogP) is 1.82. The van der Waals surface area contributed by atoms with Crippen LogP contribution in [0.2, 0.25) is 0 Å². The van der Waals surface area contributed by atoms with E-state index in [1.54, 1.807) is 18.0 Å². The molecule has 1 fully saturated rings. The van der Waals surface area contributed by atoms with Crippen molar-refractivity contribution in [3.63, 3.8) is 0 Å². The fourth-order valence-corrected chi connectivity index (χ4v) is 3.03. The number of hydrogen-bond acceptors (Lipinski definition) is 4. The average molecular weight is 364 g/mol. The van der Waals surface area contributed by atoms with Crippen molar-refractivity contribution in [2.24, 2.45) is 0 Å². The number of nitrogens with zero attached hydrogens (tertiary/aromatic N) is 2. The van der Waals surface area contributed by atoms with Crippen LogP contribution < -0.4 is 5.32 Å². The molecule has 0 bridgehead atoms. The van der Waals surface area contributed by atoms with Crippen molar-refractivity contribution in [3.05, 3.63) is 54.1 Å². The fraction of sp³-hybridized carbons (Fsp3) is 0.250. The third-order valence-corrected chi connectivity index (χ3v) is 4.64. The Bertz CT molecular complexity index is 977. The van der Waals surface area contributed by atoms with Crippen LogP contribution in [0.25, 0.3) is 22.4 Å². The van der Waals surface area contributed by atoms with Gasteiger partial charge in [0.15, 0.2) is 0 Å². The number of amides is 2. The summed E-state index contributed by atoms with van der Waals surface area (Å²) in [5.41, 5.74) is 3.25. The van der Waals surface area contributed by atoms with Gasteiger partial charge < -0.3 is 19.9 Å². The molecular formula is C20H20N4O3. The van der Waals surface area contributed by atoms with Crippen LogP contribution in [0.5, 0.6) is 0 Å². The minimum absolute atomic E-state index is 0.0194. The zero-order valence-corrected chi connectivity index (χ0v) is 14.9. The van der Waals surface area contributed by atoms with Gasteiger partial charge in [0.1, 0.15) is 12.4 Å². The minimum atomic E-state index is -0.168. The third-order valence-electron chi connectivity index (χ3n) is 4.64. The fourth-order valence-electron chi connectivity index (χ4n) is 3.03. The first-order valence-corrected chi connectivity index (χ1v) is 8.80. The second-order valence-corrected chi connectivity index (χ2v) is 6.50. The first kappa shape index (κ1) is 17.2. The number of aromatic amines is 1. The molecule has 0 spiro atoms. The first-order valence-electron chi connectivity index (χ1n) is 8.80. The van der Waals surface area contributed by atoms with Crippen LogP contribution in [-0.4, -0.2) is 59.5 Å². The number of rotatable bonds is 5. The molecule has 1 aliphatic rings. The van der Waals surface area contributed by atoms with Crippen molar-refractivity contribution in [2.75, 3.05) is 26.7 Å². The van der Waals surface area contributed by atoms with Gasteiger partial charge in [-0.1, -0.05) is 30.3 Å². The van der Waals surface area contributed by atoms with Crippen molar-refractivity contribution < 1.29 is 14.3 Å². The molecule has 2 amide bonds. The van der Waals surface area contributed by atoms with Crippen LogP contribution in [0.3, 0.4) is 0 Å². The van der Waals surface area contributed by atoms with E-state index in [1.807, 2.05) is 42.5 Å². The summed E-state index contributed by atoms with van der Waals surface area (Å²) in [6.45, 7) is 1.00. The van der Waals surface area contributed by atoms with Gasteiger partial charge in [-0.05, 0) is 18.2 Å². The maximum atomic E-state index is 12.6. The largest absolute Gasteiger partial charge is 0.365 e.